The van der Waals surface area contributed by atoms with Crippen molar-refractivity contribution < 1.29 is 18.7 Å². The predicted molar refractivity (Wildman–Crippen MR) is 132 cm³/mol. The summed E-state index contributed by atoms with van der Waals surface area (Å²) in [5, 5.41) is 12.4. The van der Waals surface area contributed by atoms with Crippen molar-refractivity contribution in [2.24, 2.45) is 0 Å². The minimum atomic E-state index is -0.480. The van der Waals surface area contributed by atoms with E-state index in [1.54, 1.807) is 12.6 Å². The molecule has 35 heavy (non-hydrogen) atoms. The first kappa shape index (κ1) is 24.5. The Morgan fingerprint density at radius 2 is 2.03 bits per heavy atom. The van der Waals surface area contributed by atoms with Gasteiger partial charge in [0.2, 0.25) is 11.8 Å². The molecule has 1 unspecified atom stereocenters. The Kier molecular flexibility index (Phi) is 8.15. The van der Waals surface area contributed by atoms with Crippen LogP contribution in [0.3, 0.4) is 0 Å². The predicted octanol–water partition coefficient (Wildman–Crippen LogP) is 5.15. The van der Waals surface area contributed by atoms with Gasteiger partial charge in [-0.1, -0.05) is 38.0 Å². The minimum Gasteiger partial charge on any atom is -0.480 e. The van der Waals surface area contributed by atoms with E-state index in [9.17, 15) is 9.59 Å². The fraction of sp³-hybridized carbons (Fsp3) is 0.360. The Morgan fingerprint density at radius 1 is 1.17 bits per heavy atom. The monoisotopic (exact) mass is 493 g/mol. The number of benzene rings is 1. The molecule has 0 spiro atoms. The van der Waals surface area contributed by atoms with Crippen LogP contribution in [0.15, 0.2) is 46.5 Å². The molecule has 1 aromatic carbocycles. The molecule has 182 valence electrons. The number of rotatable bonds is 12. The number of hydrogen-bond acceptors (Lipinski definition) is 9. The number of aromatic nitrogens is 4. The van der Waals surface area contributed by atoms with Gasteiger partial charge in [-0.3, -0.25) is 14.6 Å². The quantitative estimate of drug-likeness (QED) is 0.269. The molecule has 0 bridgehead atoms. The van der Waals surface area contributed by atoms with E-state index in [1.807, 2.05) is 37.3 Å². The van der Waals surface area contributed by atoms with E-state index >= 15 is 0 Å². The second-order valence-electron chi connectivity index (χ2n) is 8.07. The van der Waals surface area contributed by atoms with Crippen LogP contribution in [-0.4, -0.2) is 39.0 Å². The van der Waals surface area contributed by atoms with Crippen molar-refractivity contribution in [1.82, 2.24) is 25.5 Å². The molecule has 0 aliphatic heterocycles. The zero-order chi connectivity index (χ0) is 24.6. The maximum atomic E-state index is 12.7. The number of carbonyl (C=O) groups excluding carboxylic acids is 2. The number of nitrogens with one attached hydrogen (secondary N) is 1. The number of para-hydroxylation sites is 1. The summed E-state index contributed by atoms with van der Waals surface area (Å²) in [6.07, 6.45) is 5.74. The van der Waals surface area contributed by atoms with Gasteiger partial charge in [-0.05, 0) is 25.0 Å². The number of ether oxygens (including phenoxy) is 1. The Labute approximate surface area is 207 Å². The number of amides is 1. The van der Waals surface area contributed by atoms with E-state index in [4.69, 9.17) is 9.15 Å². The molecular weight excluding hydrogens is 466 g/mol. The van der Waals surface area contributed by atoms with Crippen molar-refractivity contribution >= 4 is 33.9 Å². The van der Waals surface area contributed by atoms with Crippen LogP contribution in [0, 0.1) is 0 Å². The molecule has 0 fully saturated rings. The lowest BCUT2D eigenvalue weighted by molar-refractivity contribution is -0.118. The van der Waals surface area contributed by atoms with Gasteiger partial charge in [0, 0.05) is 18.2 Å². The van der Waals surface area contributed by atoms with Crippen LogP contribution in [0.4, 0.5) is 0 Å². The summed E-state index contributed by atoms with van der Waals surface area (Å²) in [6, 6.07) is 9.11. The van der Waals surface area contributed by atoms with Crippen molar-refractivity contribution in [3.63, 3.8) is 0 Å². The van der Waals surface area contributed by atoms with Gasteiger partial charge in [0.1, 0.15) is 22.3 Å². The Hall–Kier alpha value is -3.66. The molecule has 1 N–H and O–H groups in total. The summed E-state index contributed by atoms with van der Waals surface area (Å²) in [5.41, 5.74) is 2.98. The van der Waals surface area contributed by atoms with Crippen molar-refractivity contribution in [3.8, 4) is 17.3 Å². The highest BCUT2D eigenvalue weighted by molar-refractivity contribution is 7.11. The maximum absolute atomic E-state index is 12.7. The van der Waals surface area contributed by atoms with Gasteiger partial charge in [-0.15, -0.1) is 21.5 Å². The lowest BCUT2D eigenvalue weighted by Gasteiger charge is -2.14. The van der Waals surface area contributed by atoms with Gasteiger partial charge in [0.15, 0.2) is 0 Å². The maximum Gasteiger partial charge on any atom is 0.263 e. The molecule has 0 aliphatic carbocycles. The molecule has 3 aromatic heterocycles. The van der Waals surface area contributed by atoms with Gasteiger partial charge in [0.25, 0.3) is 11.8 Å². The van der Waals surface area contributed by atoms with Crippen LogP contribution < -0.4 is 10.1 Å². The van der Waals surface area contributed by atoms with Gasteiger partial charge >= 0.3 is 0 Å². The fourth-order valence-corrected chi connectivity index (χ4v) is 4.25. The average molecular weight is 494 g/mol. The fourth-order valence-electron chi connectivity index (χ4n) is 3.73. The Morgan fingerprint density at radius 3 is 2.80 bits per heavy atom. The third kappa shape index (κ3) is 6.07. The van der Waals surface area contributed by atoms with Crippen molar-refractivity contribution in [2.45, 2.75) is 51.5 Å². The molecular formula is C25H27N5O4S. The third-order valence-electron chi connectivity index (χ3n) is 5.66. The number of pyridine rings is 1. The van der Waals surface area contributed by atoms with Gasteiger partial charge in [0.05, 0.1) is 24.3 Å². The number of thiazole rings is 1. The Balaban J connectivity index is 1.54. The summed E-state index contributed by atoms with van der Waals surface area (Å²) >= 11 is 1.26. The molecule has 0 saturated carbocycles. The molecule has 9 nitrogen and oxygen atoms in total. The number of methoxy groups -OCH3 is 1. The van der Waals surface area contributed by atoms with Crippen molar-refractivity contribution in [1.29, 1.82) is 0 Å². The molecule has 0 aliphatic rings. The second kappa shape index (κ2) is 11.7. The van der Waals surface area contributed by atoms with Crippen LogP contribution in [0.2, 0.25) is 0 Å². The van der Waals surface area contributed by atoms with Crippen molar-refractivity contribution in [2.75, 3.05) is 7.11 Å². The van der Waals surface area contributed by atoms with Crippen LogP contribution in [0.25, 0.3) is 22.4 Å². The standard InChI is InChI=1S/C25H27N5O4S/c1-3-17(31)10-5-4-6-12-20(27-22(32)21-14-26-15-35-21)25-30-29-24(34-25)18-13-16-9-7-8-11-19(16)28-23(18)33-2/h7-9,11,13-15,20H,3-6,10,12H2,1-2H3,(H,27,32). The first-order chi connectivity index (χ1) is 17.1. The highest BCUT2D eigenvalue weighted by Crippen LogP contribution is 2.32. The van der Waals surface area contributed by atoms with E-state index in [0.29, 0.717) is 41.5 Å². The number of carbonyl (C=O) groups is 2. The van der Waals surface area contributed by atoms with E-state index in [-0.39, 0.29) is 17.6 Å². The molecule has 1 amide bonds. The topological polar surface area (TPSA) is 120 Å². The summed E-state index contributed by atoms with van der Waals surface area (Å²) in [5.74, 6) is 0.964. The Bertz CT molecular complexity index is 1290. The summed E-state index contributed by atoms with van der Waals surface area (Å²) in [6.45, 7) is 1.88. The third-order valence-corrected chi connectivity index (χ3v) is 6.43. The van der Waals surface area contributed by atoms with Gasteiger partial charge < -0.3 is 14.5 Å². The summed E-state index contributed by atoms with van der Waals surface area (Å²) in [4.78, 5) is 33.3. The number of nitrogens with zero attached hydrogens (tertiary/aromatic N) is 4. The molecule has 1 atom stereocenters. The van der Waals surface area contributed by atoms with Crippen LogP contribution in [-0.2, 0) is 4.79 Å². The zero-order valence-electron chi connectivity index (χ0n) is 19.7. The second-order valence-corrected chi connectivity index (χ2v) is 8.95. The van der Waals surface area contributed by atoms with Crippen LogP contribution in [0.5, 0.6) is 5.88 Å². The molecule has 3 heterocycles. The van der Waals surface area contributed by atoms with Crippen LogP contribution in [0.1, 0.15) is 67.1 Å². The van der Waals surface area contributed by atoms with E-state index in [2.05, 4.69) is 25.5 Å². The van der Waals surface area contributed by atoms with E-state index in [0.717, 1.165) is 30.2 Å². The first-order valence-corrected chi connectivity index (χ1v) is 12.5. The molecule has 4 aromatic rings. The molecule has 10 heteroatoms. The largest absolute Gasteiger partial charge is 0.480 e. The highest BCUT2D eigenvalue weighted by Gasteiger charge is 2.24. The van der Waals surface area contributed by atoms with E-state index in [1.165, 1.54) is 17.5 Å². The molecule has 0 saturated heterocycles. The van der Waals surface area contributed by atoms with Gasteiger partial charge in [-0.25, -0.2) is 4.98 Å². The molecule has 4 rings (SSSR count). The number of unbranched alkanes of at least 4 members (excludes halogenated alkanes) is 2. The van der Waals surface area contributed by atoms with Gasteiger partial charge in [-0.2, -0.15) is 0 Å². The SMILES string of the molecule is CCC(=O)CCCCCC(NC(=O)c1cncs1)c1nnc(-c2cc3ccccc3nc2OC)o1. The normalized spacial score (nSPS) is 11.9. The number of fused-ring (bicyclic) bond motifs is 1. The lowest BCUT2D eigenvalue weighted by atomic mass is 10.0. The average Bonchev–Trinajstić information content (AvgIpc) is 3.59. The minimum absolute atomic E-state index is 0.247. The highest BCUT2D eigenvalue weighted by atomic mass is 32.1. The zero-order valence-corrected chi connectivity index (χ0v) is 20.5. The first-order valence-electron chi connectivity index (χ1n) is 11.6. The number of Topliss-reactive ketones (excluding diaryl/α,β-unsaturated/α-hetero) is 1. The number of hydrogen-bond donors (Lipinski definition) is 1. The van der Waals surface area contributed by atoms with E-state index < -0.39 is 6.04 Å². The van der Waals surface area contributed by atoms with Crippen LogP contribution >= 0.6 is 11.3 Å². The summed E-state index contributed by atoms with van der Waals surface area (Å²) < 4.78 is 11.5. The molecule has 0 radical (unpaired) electrons. The van der Waals surface area contributed by atoms with Crippen molar-refractivity contribution in [3.05, 3.63) is 52.8 Å². The summed E-state index contributed by atoms with van der Waals surface area (Å²) in [7, 11) is 1.54. The lowest BCUT2D eigenvalue weighted by Crippen LogP contribution is -2.28. The number of ketones is 1. The smallest absolute Gasteiger partial charge is 0.263 e.